The summed E-state index contributed by atoms with van der Waals surface area (Å²) in [5, 5.41) is 5.26. The van der Waals surface area contributed by atoms with E-state index >= 15 is 0 Å². The van der Waals surface area contributed by atoms with Crippen LogP contribution in [0.3, 0.4) is 0 Å². The van der Waals surface area contributed by atoms with Crippen LogP contribution in [0.25, 0.3) is 0 Å². The lowest BCUT2D eigenvalue weighted by Crippen LogP contribution is -2.29. The van der Waals surface area contributed by atoms with Crippen molar-refractivity contribution in [3.05, 3.63) is 58.7 Å². The molecule has 2 aromatic carbocycles. The summed E-state index contributed by atoms with van der Waals surface area (Å²) in [6.07, 6.45) is 0. The summed E-state index contributed by atoms with van der Waals surface area (Å²) in [4.78, 5) is 24.0. The number of amides is 2. The molecule has 0 aliphatic carbocycles. The van der Waals surface area contributed by atoms with Crippen LogP contribution in [0.4, 0.5) is 11.4 Å². The van der Waals surface area contributed by atoms with Crippen LogP contribution in [0.15, 0.2) is 36.4 Å². The zero-order valence-corrected chi connectivity index (χ0v) is 13.3. The van der Waals surface area contributed by atoms with Gasteiger partial charge in [-0.3, -0.25) is 9.59 Å². The lowest BCUT2D eigenvalue weighted by Gasteiger charge is -2.10. The Kier molecular flexibility index (Phi) is 4.61. The Balaban J connectivity index is 2.07. The van der Waals surface area contributed by atoms with E-state index in [1.807, 2.05) is 58.0 Å². The van der Waals surface area contributed by atoms with Gasteiger partial charge in [-0.1, -0.05) is 18.2 Å². The number of hydrogen-bond acceptors (Lipinski definition) is 2. The van der Waals surface area contributed by atoms with Crippen molar-refractivity contribution in [1.82, 2.24) is 0 Å². The summed E-state index contributed by atoms with van der Waals surface area (Å²) >= 11 is 0. The van der Waals surface area contributed by atoms with Gasteiger partial charge in [0.05, 0.1) is 0 Å². The van der Waals surface area contributed by atoms with Gasteiger partial charge in [0.15, 0.2) is 0 Å². The van der Waals surface area contributed by atoms with Gasteiger partial charge < -0.3 is 10.6 Å². The fourth-order valence-electron chi connectivity index (χ4n) is 2.06. The van der Waals surface area contributed by atoms with E-state index in [9.17, 15) is 9.59 Å². The van der Waals surface area contributed by atoms with E-state index < -0.39 is 11.8 Å². The van der Waals surface area contributed by atoms with Crippen molar-refractivity contribution in [2.45, 2.75) is 27.7 Å². The first-order chi connectivity index (χ1) is 10.4. The second-order valence-electron chi connectivity index (χ2n) is 5.53. The first kappa shape index (κ1) is 15.8. The molecular formula is C18H20N2O2. The second kappa shape index (κ2) is 6.43. The number of anilines is 2. The topological polar surface area (TPSA) is 58.2 Å². The molecule has 0 saturated carbocycles. The first-order valence-electron chi connectivity index (χ1n) is 7.13. The molecule has 0 heterocycles. The number of carbonyl (C=O) groups excluding carboxylic acids is 2. The molecule has 0 aliphatic heterocycles. The molecule has 2 aromatic rings. The lowest BCUT2D eigenvalue weighted by molar-refractivity contribution is -0.133. The molecule has 0 unspecified atom stereocenters. The first-order valence-corrected chi connectivity index (χ1v) is 7.13. The maximum Gasteiger partial charge on any atom is 0.314 e. The maximum atomic E-state index is 12.0. The van der Waals surface area contributed by atoms with Crippen LogP contribution in [-0.4, -0.2) is 11.8 Å². The van der Waals surface area contributed by atoms with Crippen LogP contribution in [0.2, 0.25) is 0 Å². The zero-order chi connectivity index (χ0) is 16.3. The van der Waals surface area contributed by atoms with E-state index in [2.05, 4.69) is 10.6 Å². The monoisotopic (exact) mass is 296 g/mol. The third-order valence-electron chi connectivity index (χ3n) is 3.61. The van der Waals surface area contributed by atoms with Crippen LogP contribution < -0.4 is 10.6 Å². The number of hydrogen-bond donors (Lipinski definition) is 2. The van der Waals surface area contributed by atoms with Crippen molar-refractivity contribution in [3.63, 3.8) is 0 Å². The Morgan fingerprint density at radius 3 is 2.05 bits per heavy atom. The van der Waals surface area contributed by atoms with E-state index in [0.29, 0.717) is 11.4 Å². The summed E-state index contributed by atoms with van der Waals surface area (Å²) in [6, 6.07) is 11.3. The third kappa shape index (κ3) is 3.73. The standard InChI is InChI=1S/C18H20N2O2/c1-11-5-6-13(3)16(9-11)20-18(22)17(21)19-15-8-7-12(2)14(4)10-15/h5-10H,1-4H3,(H,19,21)(H,20,22). The van der Waals surface area contributed by atoms with Crippen molar-refractivity contribution in [2.24, 2.45) is 0 Å². The molecule has 0 fully saturated rings. The van der Waals surface area contributed by atoms with Crippen molar-refractivity contribution in [2.75, 3.05) is 10.6 Å². The van der Waals surface area contributed by atoms with E-state index in [0.717, 1.165) is 22.3 Å². The predicted octanol–water partition coefficient (Wildman–Crippen LogP) is 3.50. The zero-order valence-electron chi connectivity index (χ0n) is 13.3. The maximum absolute atomic E-state index is 12.0. The van der Waals surface area contributed by atoms with Gasteiger partial charge in [-0.2, -0.15) is 0 Å². The van der Waals surface area contributed by atoms with Crippen LogP contribution in [0.5, 0.6) is 0 Å². The van der Waals surface area contributed by atoms with Crippen molar-refractivity contribution >= 4 is 23.2 Å². The highest BCUT2D eigenvalue weighted by Gasteiger charge is 2.15. The Morgan fingerprint density at radius 2 is 1.36 bits per heavy atom. The summed E-state index contributed by atoms with van der Waals surface area (Å²) in [6.45, 7) is 7.77. The Labute approximate surface area is 130 Å². The Bertz CT molecular complexity index is 736. The summed E-state index contributed by atoms with van der Waals surface area (Å²) < 4.78 is 0. The third-order valence-corrected chi connectivity index (χ3v) is 3.61. The number of nitrogens with one attached hydrogen (secondary N) is 2. The second-order valence-corrected chi connectivity index (χ2v) is 5.53. The van der Waals surface area contributed by atoms with Crippen LogP contribution in [0, 0.1) is 27.7 Å². The van der Waals surface area contributed by atoms with Crippen molar-refractivity contribution in [3.8, 4) is 0 Å². The molecule has 0 atom stereocenters. The van der Waals surface area contributed by atoms with Gasteiger partial charge in [-0.05, 0) is 68.1 Å². The minimum Gasteiger partial charge on any atom is -0.318 e. The molecule has 2 rings (SSSR count). The number of rotatable bonds is 2. The van der Waals surface area contributed by atoms with Gasteiger partial charge in [0, 0.05) is 11.4 Å². The SMILES string of the molecule is Cc1ccc(C)c(NC(=O)C(=O)Nc2ccc(C)c(C)c2)c1. The van der Waals surface area contributed by atoms with Crippen LogP contribution in [0.1, 0.15) is 22.3 Å². The molecule has 0 radical (unpaired) electrons. The van der Waals surface area contributed by atoms with E-state index in [1.165, 1.54) is 0 Å². The van der Waals surface area contributed by atoms with E-state index in [-0.39, 0.29) is 0 Å². The fraction of sp³-hybridized carbons (Fsp3) is 0.222. The normalized spacial score (nSPS) is 10.2. The molecular weight excluding hydrogens is 276 g/mol. The molecule has 2 N–H and O–H groups in total. The van der Waals surface area contributed by atoms with Gasteiger partial charge in [-0.25, -0.2) is 0 Å². The van der Waals surface area contributed by atoms with Gasteiger partial charge in [0.25, 0.3) is 0 Å². The quantitative estimate of drug-likeness (QED) is 0.833. The number of aryl methyl sites for hydroxylation is 4. The average molecular weight is 296 g/mol. The van der Waals surface area contributed by atoms with Crippen molar-refractivity contribution < 1.29 is 9.59 Å². The van der Waals surface area contributed by atoms with Crippen LogP contribution >= 0.6 is 0 Å². The highest BCUT2D eigenvalue weighted by atomic mass is 16.2. The molecule has 0 aliphatic rings. The summed E-state index contributed by atoms with van der Waals surface area (Å²) in [5.74, 6) is -1.35. The molecule has 0 aromatic heterocycles. The van der Waals surface area contributed by atoms with Gasteiger partial charge >= 0.3 is 11.8 Å². The molecule has 114 valence electrons. The van der Waals surface area contributed by atoms with E-state index in [1.54, 1.807) is 6.07 Å². The van der Waals surface area contributed by atoms with Gasteiger partial charge in [-0.15, -0.1) is 0 Å². The minimum atomic E-state index is -0.677. The molecule has 2 amide bonds. The largest absolute Gasteiger partial charge is 0.318 e. The lowest BCUT2D eigenvalue weighted by atomic mass is 10.1. The highest BCUT2D eigenvalue weighted by Crippen LogP contribution is 2.17. The molecule has 0 spiro atoms. The summed E-state index contributed by atoms with van der Waals surface area (Å²) in [5.41, 5.74) is 5.41. The Morgan fingerprint density at radius 1 is 0.727 bits per heavy atom. The minimum absolute atomic E-state index is 0.615. The van der Waals surface area contributed by atoms with Crippen LogP contribution in [-0.2, 0) is 9.59 Å². The molecule has 22 heavy (non-hydrogen) atoms. The summed E-state index contributed by atoms with van der Waals surface area (Å²) in [7, 11) is 0. The smallest absolute Gasteiger partial charge is 0.314 e. The highest BCUT2D eigenvalue weighted by molar-refractivity contribution is 6.43. The number of benzene rings is 2. The predicted molar refractivity (Wildman–Crippen MR) is 89.1 cm³/mol. The number of carbonyl (C=O) groups is 2. The Hall–Kier alpha value is -2.62. The molecule has 4 heteroatoms. The molecule has 0 saturated heterocycles. The van der Waals surface area contributed by atoms with E-state index in [4.69, 9.17) is 0 Å². The molecule has 0 bridgehead atoms. The van der Waals surface area contributed by atoms with Gasteiger partial charge in [0.2, 0.25) is 0 Å². The van der Waals surface area contributed by atoms with Crippen molar-refractivity contribution in [1.29, 1.82) is 0 Å². The van der Waals surface area contributed by atoms with Gasteiger partial charge in [0.1, 0.15) is 0 Å². The fourth-order valence-corrected chi connectivity index (χ4v) is 2.06. The average Bonchev–Trinajstić information content (AvgIpc) is 2.46. The molecule has 4 nitrogen and oxygen atoms in total.